The summed E-state index contributed by atoms with van der Waals surface area (Å²) in [5, 5.41) is 12.3. The molecule has 0 spiro atoms. The van der Waals surface area contributed by atoms with Crippen LogP contribution in [0.1, 0.15) is 29.4 Å². The topological polar surface area (TPSA) is 48.5 Å². The van der Waals surface area contributed by atoms with E-state index in [1.54, 1.807) is 4.68 Å². The van der Waals surface area contributed by atoms with Crippen LogP contribution in [-0.2, 0) is 13.6 Å². The van der Waals surface area contributed by atoms with E-state index >= 15 is 0 Å². The molecular formula is C10H13BrClN5. The first-order valence-electron chi connectivity index (χ1n) is 5.21. The van der Waals surface area contributed by atoms with Gasteiger partial charge >= 0.3 is 0 Å². The van der Waals surface area contributed by atoms with Crippen LogP contribution < -0.4 is 0 Å². The highest BCUT2D eigenvalue weighted by Gasteiger charge is 2.13. The number of nitrogens with zero attached hydrogens (tertiary/aromatic N) is 5. The van der Waals surface area contributed by atoms with Gasteiger partial charge in [0.05, 0.1) is 34.0 Å². The number of hydrogen-bond acceptors (Lipinski definition) is 3. The van der Waals surface area contributed by atoms with Crippen molar-refractivity contribution in [2.75, 3.05) is 0 Å². The van der Waals surface area contributed by atoms with Crippen molar-refractivity contribution < 1.29 is 0 Å². The van der Waals surface area contributed by atoms with Gasteiger partial charge in [0.1, 0.15) is 5.69 Å². The van der Waals surface area contributed by atoms with E-state index in [9.17, 15) is 0 Å². The predicted molar refractivity (Wildman–Crippen MR) is 69.0 cm³/mol. The SMILES string of the molecule is Cc1nn(C)c(Cn2cc(C(C)Cl)nn2)c1Br. The Hall–Kier alpha value is -0.880. The van der Waals surface area contributed by atoms with Crippen LogP contribution in [0.15, 0.2) is 10.7 Å². The number of rotatable bonds is 3. The van der Waals surface area contributed by atoms with E-state index in [-0.39, 0.29) is 5.38 Å². The van der Waals surface area contributed by atoms with Gasteiger partial charge < -0.3 is 0 Å². The average molecular weight is 319 g/mol. The lowest BCUT2D eigenvalue weighted by Crippen LogP contribution is -2.06. The minimum Gasteiger partial charge on any atom is -0.269 e. The maximum atomic E-state index is 5.94. The monoisotopic (exact) mass is 317 g/mol. The molecule has 2 aromatic heterocycles. The lowest BCUT2D eigenvalue weighted by Gasteiger charge is -2.02. The first kappa shape index (κ1) is 12.6. The van der Waals surface area contributed by atoms with Crippen LogP contribution in [0.4, 0.5) is 0 Å². The highest BCUT2D eigenvalue weighted by Crippen LogP contribution is 2.21. The summed E-state index contributed by atoms with van der Waals surface area (Å²) < 4.78 is 4.61. The van der Waals surface area contributed by atoms with Crippen LogP contribution in [0.5, 0.6) is 0 Å². The molecule has 5 nitrogen and oxygen atoms in total. The van der Waals surface area contributed by atoms with Crippen LogP contribution in [-0.4, -0.2) is 24.8 Å². The number of aromatic nitrogens is 5. The molecule has 0 aliphatic rings. The van der Waals surface area contributed by atoms with Crippen LogP contribution in [0, 0.1) is 6.92 Å². The van der Waals surface area contributed by atoms with Crippen molar-refractivity contribution in [1.82, 2.24) is 24.8 Å². The molecule has 0 aliphatic carbocycles. The van der Waals surface area contributed by atoms with Crippen molar-refractivity contribution in [3.8, 4) is 0 Å². The zero-order valence-corrected chi connectivity index (χ0v) is 12.2. The molecule has 0 fully saturated rings. The molecule has 0 radical (unpaired) electrons. The third-order valence-electron chi connectivity index (χ3n) is 2.54. The average Bonchev–Trinajstić information content (AvgIpc) is 2.80. The van der Waals surface area contributed by atoms with E-state index in [0.29, 0.717) is 6.54 Å². The van der Waals surface area contributed by atoms with E-state index in [1.165, 1.54) is 0 Å². The number of alkyl halides is 1. The summed E-state index contributed by atoms with van der Waals surface area (Å²) in [5.74, 6) is 0. The molecule has 0 aliphatic heterocycles. The van der Waals surface area contributed by atoms with Crippen molar-refractivity contribution in [1.29, 1.82) is 0 Å². The molecule has 7 heteroatoms. The van der Waals surface area contributed by atoms with Crippen LogP contribution in [0.3, 0.4) is 0 Å². The lowest BCUT2D eigenvalue weighted by atomic mass is 10.3. The predicted octanol–water partition coefficient (Wildman–Crippen LogP) is 2.43. The van der Waals surface area contributed by atoms with Crippen molar-refractivity contribution in [2.45, 2.75) is 25.8 Å². The molecule has 0 N–H and O–H groups in total. The molecule has 1 unspecified atom stereocenters. The molecule has 2 aromatic rings. The Kier molecular flexibility index (Phi) is 3.53. The van der Waals surface area contributed by atoms with Crippen molar-refractivity contribution in [2.24, 2.45) is 7.05 Å². The van der Waals surface area contributed by atoms with Crippen LogP contribution in [0.25, 0.3) is 0 Å². The number of hydrogen-bond donors (Lipinski definition) is 0. The smallest absolute Gasteiger partial charge is 0.100 e. The molecule has 1 atom stereocenters. The summed E-state index contributed by atoms with van der Waals surface area (Å²) in [7, 11) is 1.91. The largest absolute Gasteiger partial charge is 0.269 e. The Morgan fingerprint density at radius 1 is 1.53 bits per heavy atom. The second-order valence-corrected chi connectivity index (χ2v) is 5.37. The molecule has 2 heterocycles. The van der Waals surface area contributed by atoms with Gasteiger partial charge in [-0.1, -0.05) is 5.21 Å². The summed E-state index contributed by atoms with van der Waals surface area (Å²) in [6.07, 6.45) is 1.85. The number of aryl methyl sites for hydroxylation is 2. The lowest BCUT2D eigenvalue weighted by molar-refractivity contribution is 0.598. The van der Waals surface area contributed by atoms with Crippen LogP contribution >= 0.6 is 27.5 Å². The van der Waals surface area contributed by atoms with Gasteiger partial charge in [-0.05, 0) is 29.8 Å². The minimum atomic E-state index is -0.125. The van der Waals surface area contributed by atoms with Crippen molar-refractivity contribution in [3.05, 3.63) is 27.8 Å². The zero-order chi connectivity index (χ0) is 12.6. The molecular weight excluding hydrogens is 306 g/mol. The Balaban J connectivity index is 2.25. The molecule has 92 valence electrons. The second kappa shape index (κ2) is 4.78. The maximum Gasteiger partial charge on any atom is 0.100 e. The van der Waals surface area contributed by atoms with E-state index < -0.39 is 0 Å². The van der Waals surface area contributed by atoms with E-state index in [1.807, 2.05) is 31.8 Å². The summed E-state index contributed by atoms with van der Waals surface area (Å²) >= 11 is 9.47. The summed E-state index contributed by atoms with van der Waals surface area (Å²) in [6, 6.07) is 0. The highest BCUT2D eigenvalue weighted by atomic mass is 79.9. The highest BCUT2D eigenvalue weighted by molar-refractivity contribution is 9.10. The first-order chi connectivity index (χ1) is 7.99. The summed E-state index contributed by atoms with van der Waals surface area (Å²) in [4.78, 5) is 0. The first-order valence-corrected chi connectivity index (χ1v) is 6.44. The molecule has 0 aromatic carbocycles. The van der Waals surface area contributed by atoms with Gasteiger partial charge in [-0.2, -0.15) is 5.10 Å². The number of halogens is 2. The van der Waals surface area contributed by atoms with Crippen LogP contribution in [0.2, 0.25) is 0 Å². The molecule has 17 heavy (non-hydrogen) atoms. The summed E-state index contributed by atoms with van der Waals surface area (Å²) in [6.45, 7) is 4.45. The molecule has 0 saturated carbocycles. The van der Waals surface area contributed by atoms with Gasteiger partial charge in [0.2, 0.25) is 0 Å². The fraction of sp³-hybridized carbons (Fsp3) is 0.500. The Morgan fingerprint density at radius 2 is 2.24 bits per heavy atom. The standard InChI is InChI=1S/C10H13BrClN5/c1-6(12)8-4-17(15-13-8)5-9-10(11)7(2)14-16(9)3/h4,6H,5H2,1-3H3. The third-order valence-corrected chi connectivity index (χ3v) is 3.79. The molecule has 0 amide bonds. The van der Waals surface area contributed by atoms with Gasteiger partial charge in [-0.15, -0.1) is 16.7 Å². The fourth-order valence-corrected chi connectivity index (χ4v) is 2.14. The third kappa shape index (κ3) is 2.52. The van der Waals surface area contributed by atoms with Gasteiger partial charge in [0, 0.05) is 7.05 Å². The minimum absolute atomic E-state index is 0.125. The van der Waals surface area contributed by atoms with Crippen molar-refractivity contribution in [3.63, 3.8) is 0 Å². The van der Waals surface area contributed by atoms with Gasteiger partial charge in [0.25, 0.3) is 0 Å². The summed E-state index contributed by atoms with van der Waals surface area (Å²) in [5.41, 5.74) is 2.80. The molecule has 0 saturated heterocycles. The van der Waals surface area contributed by atoms with Gasteiger partial charge in [-0.3, -0.25) is 4.68 Å². The fourth-order valence-electron chi connectivity index (χ4n) is 1.58. The normalized spacial score (nSPS) is 13.0. The quantitative estimate of drug-likeness (QED) is 0.817. The zero-order valence-electron chi connectivity index (χ0n) is 9.85. The van der Waals surface area contributed by atoms with Crippen molar-refractivity contribution >= 4 is 27.5 Å². The Morgan fingerprint density at radius 3 is 2.71 bits per heavy atom. The van der Waals surface area contributed by atoms with Gasteiger partial charge in [0.15, 0.2) is 0 Å². The van der Waals surface area contributed by atoms with E-state index in [2.05, 4.69) is 31.3 Å². The van der Waals surface area contributed by atoms with E-state index in [4.69, 9.17) is 11.6 Å². The maximum absolute atomic E-state index is 5.94. The molecule has 2 rings (SSSR count). The second-order valence-electron chi connectivity index (χ2n) is 3.93. The van der Waals surface area contributed by atoms with Gasteiger partial charge in [-0.25, -0.2) is 4.68 Å². The van der Waals surface area contributed by atoms with E-state index in [0.717, 1.165) is 21.6 Å². The molecule has 0 bridgehead atoms. The Bertz CT molecular complexity index is 531. The Labute approximate surface area is 113 Å².